The Morgan fingerprint density at radius 1 is 1.03 bits per heavy atom. The van der Waals surface area contributed by atoms with Gasteiger partial charge in [0.05, 0.1) is 25.3 Å². The molecule has 0 spiro atoms. The van der Waals surface area contributed by atoms with Crippen molar-refractivity contribution in [2.45, 2.75) is 24.2 Å². The van der Waals surface area contributed by atoms with Crippen molar-refractivity contribution in [3.8, 4) is 11.5 Å². The van der Waals surface area contributed by atoms with Gasteiger partial charge in [-0.3, -0.25) is 4.79 Å². The van der Waals surface area contributed by atoms with Gasteiger partial charge in [0.2, 0.25) is 10.0 Å². The molecule has 1 heterocycles. The Morgan fingerprint density at radius 2 is 1.77 bits per heavy atom. The van der Waals surface area contributed by atoms with Gasteiger partial charge in [-0.15, -0.1) is 0 Å². The van der Waals surface area contributed by atoms with E-state index in [9.17, 15) is 13.2 Å². The minimum absolute atomic E-state index is 0.112. The highest BCUT2D eigenvalue weighted by Gasteiger charge is 2.26. The SMILES string of the molecule is COc1ccc(/C=N\NC(=O)c2cccc(S(=O)(=O)N3CCCCC3)c2)cc1OC. The Bertz CT molecular complexity index is 1030. The monoisotopic (exact) mass is 431 g/mol. The second-order valence-corrected chi connectivity index (χ2v) is 8.74. The van der Waals surface area contributed by atoms with Gasteiger partial charge in [0.1, 0.15) is 0 Å². The number of ether oxygens (including phenoxy) is 2. The maximum Gasteiger partial charge on any atom is 0.271 e. The van der Waals surface area contributed by atoms with Gasteiger partial charge in [0.25, 0.3) is 5.91 Å². The molecule has 0 atom stereocenters. The van der Waals surface area contributed by atoms with E-state index in [-0.39, 0.29) is 10.5 Å². The third kappa shape index (κ3) is 4.98. The molecule has 1 amide bonds. The summed E-state index contributed by atoms with van der Waals surface area (Å²) in [7, 11) is -0.526. The topological polar surface area (TPSA) is 97.3 Å². The first kappa shape index (κ1) is 21.8. The van der Waals surface area contributed by atoms with Crippen LogP contribution in [0.5, 0.6) is 11.5 Å². The molecule has 0 bridgehead atoms. The Morgan fingerprint density at radius 3 is 2.47 bits per heavy atom. The van der Waals surface area contributed by atoms with Gasteiger partial charge in [-0.1, -0.05) is 12.5 Å². The van der Waals surface area contributed by atoms with Crippen molar-refractivity contribution < 1.29 is 22.7 Å². The number of amides is 1. The van der Waals surface area contributed by atoms with Gasteiger partial charge in [0.15, 0.2) is 11.5 Å². The minimum atomic E-state index is -3.61. The molecule has 0 aromatic heterocycles. The number of rotatable bonds is 7. The van der Waals surface area contributed by atoms with Crippen LogP contribution in [0.2, 0.25) is 0 Å². The molecule has 30 heavy (non-hydrogen) atoms. The quantitative estimate of drug-likeness (QED) is 0.537. The first-order valence-electron chi connectivity index (χ1n) is 9.61. The van der Waals surface area contributed by atoms with Crippen molar-refractivity contribution in [3.63, 3.8) is 0 Å². The second kappa shape index (κ2) is 9.73. The number of piperidine rings is 1. The molecular formula is C21H25N3O5S. The molecule has 0 radical (unpaired) electrons. The number of hydrogen-bond donors (Lipinski definition) is 1. The molecule has 160 valence electrons. The van der Waals surface area contributed by atoms with Crippen molar-refractivity contribution in [2.24, 2.45) is 5.10 Å². The van der Waals surface area contributed by atoms with Gasteiger partial charge in [-0.25, -0.2) is 13.8 Å². The predicted molar refractivity (Wildman–Crippen MR) is 114 cm³/mol. The highest BCUT2D eigenvalue weighted by molar-refractivity contribution is 7.89. The van der Waals surface area contributed by atoms with Crippen molar-refractivity contribution in [1.82, 2.24) is 9.73 Å². The average Bonchev–Trinajstić information content (AvgIpc) is 2.79. The molecule has 3 rings (SSSR count). The van der Waals surface area contributed by atoms with Crippen molar-refractivity contribution in [2.75, 3.05) is 27.3 Å². The number of nitrogens with one attached hydrogen (secondary N) is 1. The third-order valence-corrected chi connectivity index (χ3v) is 6.73. The van der Waals surface area contributed by atoms with E-state index in [2.05, 4.69) is 10.5 Å². The molecular weight excluding hydrogens is 406 g/mol. The zero-order valence-corrected chi connectivity index (χ0v) is 17.8. The highest BCUT2D eigenvalue weighted by atomic mass is 32.2. The van der Waals surface area contributed by atoms with E-state index < -0.39 is 15.9 Å². The number of hydrogen-bond acceptors (Lipinski definition) is 6. The lowest BCUT2D eigenvalue weighted by Gasteiger charge is -2.25. The number of nitrogens with zero attached hydrogens (tertiary/aromatic N) is 2. The fourth-order valence-electron chi connectivity index (χ4n) is 3.22. The lowest BCUT2D eigenvalue weighted by Crippen LogP contribution is -2.35. The first-order chi connectivity index (χ1) is 14.5. The fraction of sp³-hybridized carbons (Fsp3) is 0.333. The van der Waals surface area contributed by atoms with Crippen LogP contribution in [0.3, 0.4) is 0 Å². The summed E-state index contributed by atoms with van der Waals surface area (Å²) >= 11 is 0. The molecule has 0 aliphatic carbocycles. The molecule has 1 fully saturated rings. The van der Waals surface area contributed by atoms with Crippen LogP contribution < -0.4 is 14.9 Å². The standard InChI is InChI=1S/C21H25N3O5S/c1-28-19-10-9-16(13-20(19)29-2)15-22-23-21(25)17-7-6-8-18(14-17)30(26,27)24-11-4-3-5-12-24/h6-10,13-15H,3-5,11-12H2,1-2H3,(H,23,25)/b22-15-. The maximum absolute atomic E-state index is 12.8. The number of carbonyl (C=O) groups is 1. The molecule has 2 aromatic rings. The summed E-state index contributed by atoms with van der Waals surface area (Å²) in [4.78, 5) is 12.5. The van der Waals surface area contributed by atoms with E-state index in [0.717, 1.165) is 19.3 Å². The highest BCUT2D eigenvalue weighted by Crippen LogP contribution is 2.27. The Labute approximate surface area is 176 Å². The summed E-state index contributed by atoms with van der Waals surface area (Å²) in [6.07, 6.45) is 4.20. The van der Waals surface area contributed by atoms with Crippen LogP contribution in [0.4, 0.5) is 0 Å². The van der Waals surface area contributed by atoms with E-state index in [0.29, 0.717) is 30.2 Å². The van der Waals surface area contributed by atoms with E-state index in [1.807, 2.05) is 0 Å². The van der Waals surface area contributed by atoms with Crippen LogP contribution >= 0.6 is 0 Å². The number of hydrazone groups is 1. The van der Waals surface area contributed by atoms with E-state index >= 15 is 0 Å². The molecule has 9 heteroatoms. The number of carbonyl (C=O) groups excluding carboxylic acids is 1. The Hall–Kier alpha value is -2.91. The van der Waals surface area contributed by atoms with Crippen LogP contribution in [-0.4, -0.2) is 52.2 Å². The summed E-state index contributed by atoms with van der Waals surface area (Å²) in [5.41, 5.74) is 3.34. The lowest BCUT2D eigenvalue weighted by atomic mass is 10.2. The van der Waals surface area contributed by atoms with Crippen molar-refractivity contribution in [1.29, 1.82) is 0 Å². The normalized spacial score (nSPS) is 15.1. The smallest absolute Gasteiger partial charge is 0.271 e. The van der Waals surface area contributed by atoms with Gasteiger partial charge in [-0.05, 0) is 54.8 Å². The van der Waals surface area contributed by atoms with Gasteiger partial charge in [-0.2, -0.15) is 9.41 Å². The Kier molecular flexibility index (Phi) is 7.07. The lowest BCUT2D eigenvalue weighted by molar-refractivity contribution is 0.0955. The van der Waals surface area contributed by atoms with Crippen LogP contribution in [0.25, 0.3) is 0 Å². The van der Waals surface area contributed by atoms with E-state index in [1.54, 1.807) is 37.4 Å². The number of methoxy groups -OCH3 is 2. The zero-order chi connectivity index (χ0) is 21.6. The molecule has 1 aliphatic heterocycles. The molecule has 1 aliphatic rings. The third-order valence-electron chi connectivity index (χ3n) is 4.84. The fourth-order valence-corrected chi connectivity index (χ4v) is 4.78. The summed E-state index contributed by atoms with van der Waals surface area (Å²) < 4.78 is 37.5. The molecule has 0 saturated carbocycles. The van der Waals surface area contributed by atoms with Crippen molar-refractivity contribution >= 4 is 22.1 Å². The molecule has 8 nitrogen and oxygen atoms in total. The van der Waals surface area contributed by atoms with Crippen LogP contribution in [0.1, 0.15) is 35.2 Å². The van der Waals surface area contributed by atoms with Crippen LogP contribution in [-0.2, 0) is 10.0 Å². The number of sulfonamides is 1. The largest absolute Gasteiger partial charge is 0.493 e. The summed E-state index contributed by atoms with van der Waals surface area (Å²) in [5, 5.41) is 3.95. The van der Waals surface area contributed by atoms with Crippen LogP contribution in [0, 0.1) is 0 Å². The Balaban J connectivity index is 1.70. The summed E-state index contributed by atoms with van der Waals surface area (Å²) in [5.74, 6) is 0.635. The summed E-state index contributed by atoms with van der Waals surface area (Å²) in [6, 6.07) is 11.2. The minimum Gasteiger partial charge on any atom is -0.493 e. The number of benzene rings is 2. The van der Waals surface area contributed by atoms with E-state index in [1.165, 1.54) is 29.8 Å². The van der Waals surface area contributed by atoms with E-state index in [4.69, 9.17) is 9.47 Å². The van der Waals surface area contributed by atoms with Crippen molar-refractivity contribution in [3.05, 3.63) is 53.6 Å². The maximum atomic E-state index is 12.8. The summed E-state index contributed by atoms with van der Waals surface area (Å²) in [6.45, 7) is 1.02. The molecule has 1 saturated heterocycles. The zero-order valence-electron chi connectivity index (χ0n) is 17.0. The van der Waals surface area contributed by atoms with Gasteiger partial charge >= 0.3 is 0 Å². The second-order valence-electron chi connectivity index (χ2n) is 6.81. The molecule has 1 N–H and O–H groups in total. The first-order valence-corrected chi connectivity index (χ1v) is 11.1. The molecule has 2 aromatic carbocycles. The predicted octanol–water partition coefficient (Wildman–Crippen LogP) is 2.64. The van der Waals surface area contributed by atoms with Gasteiger partial charge < -0.3 is 9.47 Å². The van der Waals surface area contributed by atoms with Crippen LogP contribution in [0.15, 0.2) is 52.5 Å². The molecule has 0 unspecified atom stereocenters. The average molecular weight is 432 g/mol. The van der Waals surface area contributed by atoms with Gasteiger partial charge in [0, 0.05) is 18.7 Å².